The number of hydrogen-bond donors (Lipinski definition) is 0. The standard InChI is InChI=1S/C43H55N9O2Si/c1-33-22-34(2)24-37(23-33)30-50-19-18-49(43(50)38(27-44)28-45)17-14-42(53)51(39-11-9-10-35(25-39)29-48-15-7-6-8-16-48)31-36-12-13-40-41(26-36)52(47-46-40)32-54-20-21-55(3,4)5/h9-13,22-26H,6-8,14-21,29-32H2,1-5H3. The van der Waals surface area contributed by atoms with E-state index in [2.05, 4.69) is 102 Å². The normalized spacial score (nSPS) is 15.0. The molecule has 1 amide bonds. The summed E-state index contributed by atoms with van der Waals surface area (Å²) in [6.07, 6.45) is 3.93. The van der Waals surface area contributed by atoms with Crippen LogP contribution >= 0.6 is 0 Å². The molecule has 0 unspecified atom stereocenters. The van der Waals surface area contributed by atoms with Crippen molar-refractivity contribution >= 4 is 30.7 Å². The molecule has 2 fully saturated rings. The number of ether oxygens (including phenoxy) is 1. The zero-order chi connectivity index (χ0) is 39.0. The lowest BCUT2D eigenvalue weighted by Crippen LogP contribution is -2.34. The number of hydrogen-bond acceptors (Lipinski definition) is 9. The molecular weight excluding hydrogens is 703 g/mol. The summed E-state index contributed by atoms with van der Waals surface area (Å²) in [7, 11) is -1.22. The predicted molar refractivity (Wildman–Crippen MR) is 219 cm³/mol. The number of nitriles is 2. The molecule has 0 N–H and O–H groups in total. The molecule has 0 spiro atoms. The van der Waals surface area contributed by atoms with Crippen molar-refractivity contribution in [1.82, 2.24) is 29.7 Å². The van der Waals surface area contributed by atoms with Crippen molar-refractivity contribution < 1.29 is 9.53 Å². The second-order valence-corrected chi connectivity index (χ2v) is 21.9. The predicted octanol–water partition coefficient (Wildman–Crippen LogP) is 7.35. The summed E-state index contributed by atoms with van der Waals surface area (Å²) in [4.78, 5) is 23.0. The lowest BCUT2D eigenvalue weighted by atomic mass is 10.1. The van der Waals surface area contributed by atoms with E-state index in [0.717, 1.165) is 53.5 Å². The summed E-state index contributed by atoms with van der Waals surface area (Å²) >= 11 is 0. The minimum atomic E-state index is -1.22. The Labute approximate surface area is 327 Å². The van der Waals surface area contributed by atoms with E-state index in [1.54, 1.807) is 4.68 Å². The number of likely N-dealkylation sites (tertiary alicyclic amines) is 1. The number of nitrogens with zero attached hydrogens (tertiary/aromatic N) is 9. The van der Waals surface area contributed by atoms with Crippen molar-refractivity contribution in [1.29, 1.82) is 10.5 Å². The van der Waals surface area contributed by atoms with Crippen LogP contribution in [0, 0.1) is 36.5 Å². The third kappa shape index (κ3) is 10.6. The lowest BCUT2D eigenvalue weighted by Gasteiger charge is -2.28. The highest BCUT2D eigenvalue weighted by Gasteiger charge is 2.30. The molecule has 4 aromatic rings. The molecule has 0 saturated carbocycles. The highest BCUT2D eigenvalue weighted by atomic mass is 28.3. The maximum absolute atomic E-state index is 14.5. The molecule has 3 aromatic carbocycles. The molecule has 2 aliphatic rings. The zero-order valence-corrected chi connectivity index (χ0v) is 34.2. The van der Waals surface area contributed by atoms with Gasteiger partial charge in [0, 0.05) is 59.5 Å². The number of carbonyl (C=O) groups excluding carboxylic acids is 1. The van der Waals surface area contributed by atoms with Crippen molar-refractivity contribution in [3.63, 3.8) is 0 Å². The quantitative estimate of drug-likeness (QED) is 0.0697. The Bertz CT molecular complexity index is 2050. The molecule has 0 radical (unpaired) electrons. The molecule has 0 bridgehead atoms. The molecule has 0 atom stereocenters. The number of rotatable bonds is 15. The minimum Gasteiger partial charge on any atom is -0.359 e. The van der Waals surface area contributed by atoms with Crippen LogP contribution in [-0.4, -0.2) is 83.0 Å². The average Bonchev–Trinajstić information content (AvgIpc) is 3.75. The SMILES string of the molecule is Cc1cc(C)cc(CN2CCN(CCC(=O)N(Cc3ccc4nnn(COCC[Si](C)(C)C)c4c3)c3cccc(CN4CCCCC4)c3)C2=C(C#N)C#N)c1. The van der Waals surface area contributed by atoms with Crippen molar-refractivity contribution in [2.75, 3.05) is 44.2 Å². The van der Waals surface area contributed by atoms with Gasteiger partial charge in [-0.2, -0.15) is 10.5 Å². The van der Waals surface area contributed by atoms with Crippen molar-refractivity contribution in [3.8, 4) is 12.1 Å². The fourth-order valence-electron chi connectivity index (χ4n) is 7.65. The lowest BCUT2D eigenvalue weighted by molar-refractivity contribution is -0.119. The molecule has 12 heteroatoms. The summed E-state index contributed by atoms with van der Waals surface area (Å²) in [5, 5.41) is 28.7. The first-order valence-corrected chi connectivity index (χ1v) is 23.3. The van der Waals surface area contributed by atoms with Gasteiger partial charge in [-0.15, -0.1) is 5.10 Å². The van der Waals surface area contributed by atoms with Gasteiger partial charge in [0.05, 0.1) is 12.1 Å². The topological polar surface area (TPSA) is 118 Å². The van der Waals surface area contributed by atoms with Crippen LogP contribution in [0.3, 0.4) is 0 Å². The van der Waals surface area contributed by atoms with Gasteiger partial charge in [0.2, 0.25) is 5.91 Å². The van der Waals surface area contributed by atoms with E-state index in [-0.39, 0.29) is 17.9 Å². The molecule has 11 nitrogen and oxygen atoms in total. The van der Waals surface area contributed by atoms with Gasteiger partial charge in [-0.05, 0) is 86.8 Å². The first-order chi connectivity index (χ1) is 26.5. The number of carbonyl (C=O) groups is 1. The average molecular weight is 758 g/mol. The van der Waals surface area contributed by atoms with Crippen LogP contribution in [0.2, 0.25) is 25.7 Å². The van der Waals surface area contributed by atoms with Crippen LogP contribution < -0.4 is 4.90 Å². The second-order valence-electron chi connectivity index (χ2n) is 16.3. The molecule has 288 valence electrons. The second kappa shape index (κ2) is 18.1. The highest BCUT2D eigenvalue weighted by Crippen LogP contribution is 2.28. The third-order valence-corrected chi connectivity index (χ3v) is 12.1. The largest absolute Gasteiger partial charge is 0.359 e. The van der Waals surface area contributed by atoms with Crippen LogP contribution in [0.1, 0.15) is 53.5 Å². The van der Waals surface area contributed by atoms with Gasteiger partial charge in [-0.1, -0.05) is 78.8 Å². The van der Waals surface area contributed by atoms with E-state index < -0.39 is 8.07 Å². The fourth-order valence-corrected chi connectivity index (χ4v) is 8.41. The van der Waals surface area contributed by atoms with Gasteiger partial charge >= 0.3 is 0 Å². The molecule has 0 aliphatic carbocycles. The number of anilines is 1. The van der Waals surface area contributed by atoms with E-state index in [4.69, 9.17) is 4.74 Å². The number of allylic oxidation sites excluding steroid dienone is 1. The van der Waals surface area contributed by atoms with Gasteiger partial charge < -0.3 is 19.4 Å². The summed E-state index contributed by atoms with van der Waals surface area (Å²) in [5.41, 5.74) is 8.20. The van der Waals surface area contributed by atoms with E-state index in [0.29, 0.717) is 51.9 Å². The van der Waals surface area contributed by atoms with Crippen molar-refractivity contribution in [2.24, 2.45) is 0 Å². The summed E-state index contributed by atoms with van der Waals surface area (Å²) < 4.78 is 7.81. The van der Waals surface area contributed by atoms with Crippen LogP contribution in [0.4, 0.5) is 5.69 Å². The fraction of sp³-hybridized carbons (Fsp3) is 0.465. The smallest absolute Gasteiger partial charge is 0.229 e. The summed E-state index contributed by atoms with van der Waals surface area (Å²) in [5.74, 6) is 0.574. The first kappa shape index (κ1) is 39.7. The molecule has 3 heterocycles. The van der Waals surface area contributed by atoms with Crippen LogP contribution in [0.15, 0.2) is 72.1 Å². The van der Waals surface area contributed by atoms with E-state index in [1.807, 2.05) is 34.1 Å². The van der Waals surface area contributed by atoms with Gasteiger partial charge in [0.25, 0.3) is 0 Å². The Hall–Kier alpha value is -5.01. The molecule has 6 rings (SSSR count). The molecular formula is C43H55N9O2Si. The number of aromatic nitrogens is 3. The molecule has 2 aliphatic heterocycles. The van der Waals surface area contributed by atoms with E-state index in [9.17, 15) is 15.3 Å². The van der Waals surface area contributed by atoms with Gasteiger partial charge in [-0.25, -0.2) is 4.68 Å². The number of piperidine rings is 1. The Morgan fingerprint density at radius 3 is 2.33 bits per heavy atom. The summed E-state index contributed by atoms with van der Waals surface area (Å²) in [6, 6.07) is 26.2. The third-order valence-electron chi connectivity index (χ3n) is 10.4. The number of fused-ring (bicyclic) bond motifs is 1. The molecule has 1 aromatic heterocycles. The number of aryl methyl sites for hydroxylation is 2. The maximum atomic E-state index is 14.5. The number of benzene rings is 3. The Morgan fingerprint density at radius 2 is 1.60 bits per heavy atom. The molecule has 2 saturated heterocycles. The maximum Gasteiger partial charge on any atom is 0.229 e. The Balaban J connectivity index is 1.23. The van der Waals surface area contributed by atoms with Crippen molar-refractivity contribution in [3.05, 3.63) is 99.9 Å². The summed E-state index contributed by atoms with van der Waals surface area (Å²) in [6.45, 7) is 17.8. The van der Waals surface area contributed by atoms with Crippen LogP contribution in [-0.2, 0) is 35.9 Å². The first-order valence-electron chi connectivity index (χ1n) is 19.6. The Morgan fingerprint density at radius 1 is 0.855 bits per heavy atom. The molecule has 55 heavy (non-hydrogen) atoms. The van der Waals surface area contributed by atoms with Crippen LogP contribution in [0.25, 0.3) is 11.0 Å². The number of amides is 1. The Kier molecular flexibility index (Phi) is 13.0. The zero-order valence-electron chi connectivity index (χ0n) is 33.2. The highest BCUT2D eigenvalue weighted by molar-refractivity contribution is 6.76. The van der Waals surface area contributed by atoms with Crippen molar-refractivity contribution in [2.45, 2.75) is 91.6 Å². The van der Waals surface area contributed by atoms with E-state index >= 15 is 0 Å². The van der Waals surface area contributed by atoms with Gasteiger partial charge in [0.15, 0.2) is 5.57 Å². The van der Waals surface area contributed by atoms with E-state index in [1.165, 1.54) is 36.0 Å². The van der Waals surface area contributed by atoms with Crippen LogP contribution in [0.5, 0.6) is 0 Å². The minimum absolute atomic E-state index is 0.0286. The van der Waals surface area contributed by atoms with Gasteiger partial charge in [0.1, 0.15) is 30.2 Å². The van der Waals surface area contributed by atoms with Gasteiger partial charge in [-0.3, -0.25) is 9.69 Å². The monoisotopic (exact) mass is 757 g/mol.